The van der Waals surface area contributed by atoms with E-state index in [-0.39, 0.29) is 11.9 Å². The average molecular weight is 273 g/mol. The number of nitrogens with one attached hydrogen (secondary N) is 1. The largest absolute Gasteiger partial charge is 0.437 e. The fraction of sp³-hybridized carbons (Fsp3) is 0.214. The number of ether oxygens (including phenoxy) is 1. The number of rotatable bonds is 4. The second kappa shape index (κ2) is 5.24. The van der Waals surface area contributed by atoms with Gasteiger partial charge in [0.1, 0.15) is 11.9 Å². The summed E-state index contributed by atoms with van der Waals surface area (Å²) in [7, 11) is 0. The van der Waals surface area contributed by atoms with Crippen LogP contribution in [0.25, 0.3) is 0 Å². The van der Waals surface area contributed by atoms with E-state index >= 15 is 0 Å². The van der Waals surface area contributed by atoms with Crippen LogP contribution in [0.1, 0.15) is 16.8 Å². The maximum Gasteiger partial charge on any atom is 0.251 e. The van der Waals surface area contributed by atoms with Crippen LogP contribution in [0.4, 0.5) is 4.39 Å². The minimum Gasteiger partial charge on any atom is -0.437 e. The molecule has 5 nitrogen and oxygen atoms in total. The third kappa shape index (κ3) is 2.90. The lowest BCUT2D eigenvalue weighted by Crippen LogP contribution is -2.27. The lowest BCUT2D eigenvalue weighted by Gasteiger charge is -2.07. The van der Waals surface area contributed by atoms with Gasteiger partial charge in [0.05, 0.1) is 12.2 Å². The fourth-order valence-electron chi connectivity index (χ4n) is 1.72. The first-order valence-electron chi connectivity index (χ1n) is 6.21. The van der Waals surface area contributed by atoms with Gasteiger partial charge < -0.3 is 10.1 Å². The van der Waals surface area contributed by atoms with E-state index in [4.69, 9.17) is 4.74 Å². The highest BCUT2D eigenvalue weighted by Gasteiger charge is 2.38. The Morgan fingerprint density at radius 2 is 2.25 bits per heavy atom. The minimum absolute atomic E-state index is 0.306. The van der Waals surface area contributed by atoms with Gasteiger partial charge >= 0.3 is 0 Å². The van der Waals surface area contributed by atoms with E-state index in [1.807, 2.05) is 0 Å². The lowest BCUT2D eigenvalue weighted by molar-refractivity contribution is 0.0947. The Kier molecular flexibility index (Phi) is 3.28. The summed E-state index contributed by atoms with van der Waals surface area (Å²) in [5.41, 5.74) is 0.422. The van der Waals surface area contributed by atoms with E-state index in [2.05, 4.69) is 15.3 Å². The summed E-state index contributed by atoms with van der Waals surface area (Å²) in [6.07, 6.45) is 4.00. The number of alkyl halides is 1. The summed E-state index contributed by atoms with van der Waals surface area (Å²) in [6, 6.07) is 6.28. The second-order valence-electron chi connectivity index (χ2n) is 4.51. The van der Waals surface area contributed by atoms with Gasteiger partial charge in [-0.2, -0.15) is 0 Å². The molecule has 1 aromatic carbocycles. The topological polar surface area (TPSA) is 64.1 Å². The fourth-order valence-corrected chi connectivity index (χ4v) is 1.72. The molecular formula is C14H12FN3O2. The Hall–Kier alpha value is -2.50. The number of benzene rings is 1. The lowest BCUT2D eigenvalue weighted by atomic mass is 10.2. The van der Waals surface area contributed by atoms with Crippen LogP contribution in [-0.2, 0) is 0 Å². The van der Waals surface area contributed by atoms with Gasteiger partial charge in [0, 0.05) is 24.4 Å². The Labute approximate surface area is 114 Å². The zero-order chi connectivity index (χ0) is 13.9. The molecule has 1 aliphatic carbocycles. The number of amides is 1. The van der Waals surface area contributed by atoms with E-state index in [1.165, 1.54) is 12.4 Å². The Morgan fingerprint density at radius 3 is 2.95 bits per heavy atom. The van der Waals surface area contributed by atoms with Crippen LogP contribution in [0.2, 0.25) is 0 Å². The van der Waals surface area contributed by atoms with Gasteiger partial charge in [0.15, 0.2) is 0 Å². The van der Waals surface area contributed by atoms with E-state index in [0.29, 0.717) is 23.6 Å². The number of carbonyl (C=O) groups is 1. The van der Waals surface area contributed by atoms with Crippen LogP contribution in [-0.4, -0.2) is 28.1 Å². The van der Waals surface area contributed by atoms with Crippen molar-refractivity contribution in [1.82, 2.24) is 15.3 Å². The SMILES string of the molecule is O=C(N[C@@H]1C[C@@H]1F)c1cccc(Oc2cnccn2)c1. The molecule has 1 amide bonds. The van der Waals surface area contributed by atoms with Crippen LogP contribution in [0.15, 0.2) is 42.9 Å². The van der Waals surface area contributed by atoms with E-state index in [1.54, 1.807) is 30.5 Å². The molecule has 0 saturated heterocycles. The van der Waals surface area contributed by atoms with Gasteiger partial charge in [0.2, 0.25) is 5.88 Å². The molecule has 3 rings (SSSR count). The quantitative estimate of drug-likeness (QED) is 0.926. The van der Waals surface area contributed by atoms with Gasteiger partial charge in [-0.25, -0.2) is 9.37 Å². The highest BCUT2D eigenvalue weighted by Crippen LogP contribution is 2.26. The van der Waals surface area contributed by atoms with Crippen molar-refractivity contribution in [2.45, 2.75) is 18.6 Å². The van der Waals surface area contributed by atoms with Crippen molar-refractivity contribution < 1.29 is 13.9 Å². The van der Waals surface area contributed by atoms with Crippen molar-refractivity contribution in [3.63, 3.8) is 0 Å². The minimum atomic E-state index is -0.919. The number of carbonyl (C=O) groups excluding carboxylic acids is 1. The standard InChI is InChI=1S/C14H12FN3O2/c15-11-7-12(11)18-14(19)9-2-1-3-10(6-9)20-13-8-16-4-5-17-13/h1-6,8,11-12H,7H2,(H,18,19)/t11-,12+/m0/s1. The second-order valence-corrected chi connectivity index (χ2v) is 4.51. The van der Waals surface area contributed by atoms with Crippen molar-refractivity contribution in [2.24, 2.45) is 0 Å². The summed E-state index contributed by atoms with van der Waals surface area (Å²) in [6.45, 7) is 0. The predicted octanol–water partition coefficient (Wildman–Crippen LogP) is 2.11. The first-order chi connectivity index (χ1) is 9.72. The normalized spacial score (nSPS) is 20.2. The molecule has 0 radical (unpaired) electrons. The van der Waals surface area contributed by atoms with E-state index in [0.717, 1.165) is 0 Å². The summed E-state index contributed by atoms with van der Waals surface area (Å²) in [5.74, 6) is 0.515. The van der Waals surface area contributed by atoms with Gasteiger partial charge in [0.25, 0.3) is 5.91 Å². The highest BCUT2D eigenvalue weighted by atomic mass is 19.1. The smallest absolute Gasteiger partial charge is 0.251 e. The van der Waals surface area contributed by atoms with Crippen molar-refractivity contribution in [2.75, 3.05) is 0 Å². The molecule has 0 aliphatic heterocycles. The molecule has 6 heteroatoms. The maximum atomic E-state index is 12.8. The third-order valence-corrected chi connectivity index (χ3v) is 2.89. The van der Waals surface area contributed by atoms with Crippen LogP contribution in [0.3, 0.4) is 0 Å². The number of hydrogen-bond donors (Lipinski definition) is 1. The first-order valence-corrected chi connectivity index (χ1v) is 6.21. The summed E-state index contributed by atoms with van der Waals surface area (Å²) in [5, 5.41) is 2.61. The third-order valence-electron chi connectivity index (χ3n) is 2.89. The molecule has 1 N–H and O–H groups in total. The van der Waals surface area contributed by atoms with Crippen LogP contribution in [0, 0.1) is 0 Å². The van der Waals surface area contributed by atoms with Gasteiger partial charge in [-0.3, -0.25) is 9.78 Å². The molecule has 102 valence electrons. The molecule has 1 fully saturated rings. The average Bonchev–Trinajstić information content (AvgIpc) is 3.15. The molecule has 1 heterocycles. The molecule has 1 saturated carbocycles. The van der Waals surface area contributed by atoms with E-state index in [9.17, 15) is 9.18 Å². The number of aromatic nitrogens is 2. The molecule has 0 bridgehead atoms. The Morgan fingerprint density at radius 1 is 1.40 bits per heavy atom. The highest BCUT2D eigenvalue weighted by molar-refractivity contribution is 5.95. The van der Waals surface area contributed by atoms with Crippen molar-refractivity contribution >= 4 is 5.91 Å². The molecule has 2 atom stereocenters. The Balaban J connectivity index is 1.70. The molecule has 1 aliphatic rings. The first kappa shape index (κ1) is 12.5. The maximum absolute atomic E-state index is 12.8. The molecule has 2 aromatic rings. The molecular weight excluding hydrogens is 261 g/mol. The molecule has 1 aromatic heterocycles. The molecule has 20 heavy (non-hydrogen) atoms. The summed E-state index contributed by atoms with van der Waals surface area (Å²) in [4.78, 5) is 19.8. The summed E-state index contributed by atoms with van der Waals surface area (Å²) >= 11 is 0. The number of halogens is 1. The monoisotopic (exact) mass is 273 g/mol. The number of hydrogen-bond acceptors (Lipinski definition) is 4. The van der Waals surface area contributed by atoms with Crippen molar-refractivity contribution in [3.8, 4) is 11.6 Å². The summed E-state index contributed by atoms with van der Waals surface area (Å²) < 4.78 is 18.2. The Bertz CT molecular complexity index is 621. The van der Waals surface area contributed by atoms with Crippen LogP contribution >= 0.6 is 0 Å². The molecule has 0 unspecified atom stereocenters. The number of nitrogens with zero attached hydrogens (tertiary/aromatic N) is 2. The zero-order valence-electron chi connectivity index (χ0n) is 10.5. The van der Waals surface area contributed by atoms with Crippen LogP contribution < -0.4 is 10.1 Å². The van der Waals surface area contributed by atoms with Crippen LogP contribution in [0.5, 0.6) is 11.6 Å². The van der Waals surface area contributed by atoms with Gasteiger partial charge in [-0.1, -0.05) is 6.07 Å². The molecule has 0 spiro atoms. The van der Waals surface area contributed by atoms with Crippen molar-refractivity contribution in [1.29, 1.82) is 0 Å². The van der Waals surface area contributed by atoms with Gasteiger partial charge in [-0.05, 0) is 18.2 Å². The van der Waals surface area contributed by atoms with E-state index < -0.39 is 6.17 Å². The predicted molar refractivity (Wildman–Crippen MR) is 69.3 cm³/mol. The zero-order valence-corrected chi connectivity index (χ0v) is 10.5. The van der Waals surface area contributed by atoms with Gasteiger partial charge in [-0.15, -0.1) is 0 Å². The van der Waals surface area contributed by atoms with Crippen molar-refractivity contribution in [3.05, 3.63) is 48.4 Å².